The molecule has 3 N–H and O–H groups in total. The average Bonchev–Trinajstić information content (AvgIpc) is 3.28. The monoisotopic (exact) mass is 348 g/mol. The Morgan fingerprint density at radius 1 is 1.38 bits per heavy atom. The van der Waals surface area contributed by atoms with Gasteiger partial charge < -0.3 is 20.1 Å². The molecule has 4 unspecified atom stereocenters. The molecule has 1 saturated heterocycles. The van der Waals surface area contributed by atoms with Crippen LogP contribution in [0.1, 0.15) is 13.2 Å². The Labute approximate surface area is 141 Å². The second-order valence-electron chi connectivity index (χ2n) is 5.90. The minimum atomic E-state index is -1.59. The Kier molecular flexibility index (Phi) is 3.62. The Bertz CT molecular complexity index is 864. The summed E-state index contributed by atoms with van der Waals surface area (Å²) in [5.74, 6) is 0. The lowest BCUT2D eigenvalue weighted by Crippen LogP contribution is -2.44. The first-order valence-electron chi connectivity index (χ1n) is 7.42. The minimum absolute atomic E-state index is 0.393. The van der Waals surface area contributed by atoms with Gasteiger partial charge in [0.25, 0.3) is 0 Å². The molecule has 0 bridgehead atoms. The van der Waals surface area contributed by atoms with E-state index >= 15 is 0 Å². The molecule has 0 amide bonds. The van der Waals surface area contributed by atoms with Gasteiger partial charge in [-0.05, 0) is 18.4 Å². The molecule has 4 rings (SSSR count). The summed E-state index contributed by atoms with van der Waals surface area (Å²) in [5, 5.41) is 32.1. The van der Waals surface area contributed by atoms with Crippen LogP contribution < -0.4 is 0 Å². The second kappa shape index (κ2) is 5.57. The van der Waals surface area contributed by atoms with Crippen molar-refractivity contribution >= 4 is 22.5 Å². The van der Waals surface area contributed by atoms with Gasteiger partial charge in [0.05, 0.1) is 17.8 Å². The summed E-state index contributed by atoms with van der Waals surface area (Å²) in [6.45, 7) is 1.07. The zero-order chi connectivity index (χ0) is 16.9. The lowest BCUT2D eigenvalue weighted by molar-refractivity contribution is -0.0950. The summed E-state index contributed by atoms with van der Waals surface area (Å²) in [7, 11) is 0. The molecule has 4 heterocycles. The number of rotatable bonds is 3. The molecule has 126 valence electrons. The zero-order valence-corrected chi connectivity index (χ0v) is 13.6. The highest BCUT2D eigenvalue weighted by Crippen LogP contribution is 2.40. The van der Waals surface area contributed by atoms with E-state index < -0.39 is 30.6 Å². The third-order valence-electron chi connectivity index (χ3n) is 4.30. The van der Waals surface area contributed by atoms with Crippen LogP contribution in [-0.4, -0.2) is 59.3 Å². The van der Waals surface area contributed by atoms with Gasteiger partial charge in [0.2, 0.25) is 0 Å². The lowest BCUT2D eigenvalue weighted by atomic mass is 9.96. The second-order valence-corrected chi connectivity index (χ2v) is 6.85. The Morgan fingerprint density at radius 3 is 2.88 bits per heavy atom. The van der Waals surface area contributed by atoms with E-state index in [-0.39, 0.29) is 0 Å². The van der Waals surface area contributed by atoms with Gasteiger partial charge in [-0.1, -0.05) is 6.07 Å². The van der Waals surface area contributed by atoms with Crippen molar-refractivity contribution < 1.29 is 20.1 Å². The molecule has 1 aliphatic heterocycles. The molecular formula is C15H16N4O4S. The fourth-order valence-corrected chi connectivity index (χ4v) is 3.73. The number of aliphatic hydroxyl groups is 3. The highest BCUT2D eigenvalue weighted by Gasteiger charge is 2.53. The number of hydrogen-bond acceptors (Lipinski definition) is 8. The molecule has 0 saturated carbocycles. The van der Waals surface area contributed by atoms with Crippen molar-refractivity contribution in [3.05, 3.63) is 30.2 Å². The summed E-state index contributed by atoms with van der Waals surface area (Å²) in [6, 6.07) is 3.87. The highest BCUT2D eigenvalue weighted by molar-refractivity contribution is 7.13. The van der Waals surface area contributed by atoms with Crippen molar-refractivity contribution in [1.82, 2.24) is 19.5 Å². The van der Waals surface area contributed by atoms with Gasteiger partial charge in [-0.25, -0.2) is 15.0 Å². The van der Waals surface area contributed by atoms with Crippen LogP contribution >= 0.6 is 11.3 Å². The Morgan fingerprint density at radius 2 is 2.21 bits per heavy atom. The predicted octanol–water partition coefficient (Wildman–Crippen LogP) is 0.556. The first-order valence-corrected chi connectivity index (χ1v) is 8.30. The van der Waals surface area contributed by atoms with Gasteiger partial charge in [0.1, 0.15) is 35.3 Å². The fourth-order valence-electron chi connectivity index (χ4n) is 3.01. The van der Waals surface area contributed by atoms with E-state index in [0.29, 0.717) is 16.9 Å². The number of thiophene rings is 1. The van der Waals surface area contributed by atoms with Crippen LogP contribution in [0.15, 0.2) is 30.2 Å². The van der Waals surface area contributed by atoms with Gasteiger partial charge in [0.15, 0.2) is 11.9 Å². The first kappa shape index (κ1) is 15.6. The number of nitrogens with zero attached hydrogens (tertiary/aromatic N) is 4. The smallest absolute Gasteiger partial charge is 0.168 e. The Hall–Kier alpha value is -1.91. The first-order chi connectivity index (χ1) is 11.5. The van der Waals surface area contributed by atoms with Gasteiger partial charge in [0, 0.05) is 0 Å². The number of aliphatic hydroxyl groups excluding tert-OH is 2. The van der Waals surface area contributed by atoms with E-state index in [2.05, 4.69) is 15.0 Å². The molecular weight excluding hydrogens is 332 g/mol. The largest absolute Gasteiger partial charge is 0.394 e. The van der Waals surface area contributed by atoms with E-state index in [1.807, 2.05) is 17.5 Å². The predicted molar refractivity (Wildman–Crippen MR) is 86.3 cm³/mol. The summed E-state index contributed by atoms with van der Waals surface area (Å²) < 4.78 is 7.20. The van der Waals surface area contributed by atoms with Crippen molar-refractivity contribution in [3.8, 4) is 10.6 Å². The summed E-state index contributed by atoms with van der Waals surface area (Å²) in [6.07, 6.45) is -0.0771. The van der Waals surface area contributed by atoms with Gasteiger partial charge in [-0.3, -0.25) is 4.57 Å². The molecule has 0 radical (unpaired) electrons. The lowest BCUT2D eigenvalue weighted by Gasteiger charge is -2.27. The van der Waals surface area contributed by atoms with Crippen molar-refractivity contribution in [2.24, 2.45) is 0 Å². The molecule has 0 aliphatic carbocycles. The van der Waals surface area contributed by atoms with Crippen molar-refractivity contribution in [1.29, 1.82) is 0 Å². The molecule has 9 heteroatoms. The molecule has 0 aromatic carbocycles. The molecule has 3 aromatic rings. The molecule has 1 fully saturated rings. The zero-order valence-electron chi connectivity index (χ0n) is 12.8. The van der Waals surface area contributed by atoms with Crippen LogP contribution in [0.5, 0.6) is 0 Å². The average molecular weight is 348 g/mol. The third kappa shape index (κ3) is 2.17. The van der Waals surface area contributed by atoms with Crippen LogP contribution in [-0.2, 0) is 4.74 Å². The number of aromatic nitrogens is 4. The van der Waals surface area contributed by atoms with Crippen LogP contribution in [0, 0.1) is 0 Å². The van der Waals surface area contributed by atoms with E-state index in [1.54, 1.807) is 15.9 Å². The van der Waals surface area contributed by atoms with Gasteiger partial charge >= 0.3 is 0 Å². The van der Waals surface area contributed by atoms with Crippen molar-refractivity contribution in [2.75, 3.05) is 6.61 Å². The van der Waals surface area contributed by atoms with Crippen LogP contribution in [0.25, 0.3) is 21.7 Å². The Balaban J connectivity index is 1.83. The SMILES string of the molecule is CC1(O)C(O)C(CO)OC1n1cnc2c(-c3cccs3)ncnc21. The maximum atomic E-state index is 10.6. The summed E-state index contributed by atoms with van der Waals surface area (Å²) in [4.78, 5) is 13.9. The third-order valence-corrected chi connectivity index (χ3v) is 5.18. The van der Waals surface area contributed by atoms with Crippen LogP contribution in [0.4, 0.5) is 0 Å². The van der Waals surface area contributed by atoms with E-state index in [4.69, 9.17) is 4.74 Å². The summed E-state index contributed by atoms with van der Waals surface area (Å²) in [5.41, 5.74) is 0.186. The van der Waals surface area contributed by atoms with Crippen molar-refractivity contribution in [2.45, 2.75) is 31.0 Å². The molecule has 0 spiro atoms. The molecule has 24 heavy (non-hydrogen) atoms. The number of fused-ring (bicyclic) bond motifs is 1. The molecule has 1 aliphatic rings. The highest BCUT2D eigenvalue weighted by atomic mass is 32.1. The molecule has 8 nitrogen and oxygen atoms in total. The molecule has 4 atom stereocenters. The van der Waals surface area contributed by atoms with Crippen LogP contribution in [0.2, 0.25) is 0 Å². The van der Waals surface area contributed by atoms with E-state index in [1.165, 1.54) is 19.6 Å². The maximum Gasteiger partial charge on any atom is 0.168 e. The fraction of sp³-hybridized carbons (Fsp3) is 0.400. The minimum Gasteiger partial charge on any atom is -0.394 e. The topological polar surface area (TPSA) is 114 Å². The van der Waals surface area contributed by atoms with E-state index in [0.717, 1.165) is 4.88 Å². The number of imidazole rings is 1. The van der Waals surface area contributed by atoms with Gasteiger partial charge in [-0.15, -0.1) is 11.3 Å². The van der Waals surface area contributed by atoms with Gasteiger partial charge in [-0.2, -0.15) is 0 Å². The number of hydrogen-bond donors (Lipinski definition) is 3. The van der Waals surface area contributed by atoms with E-state index in [9.17, 15) is 15.3 Å². The van der Waals surface area contributed by atoms with Crippen molar-refractivity contribution in [3.63, 3.8) is 0 Å². The quantitative estimate of drug-likeness (QED) is 0.633. The summed E-state index contributed by atoms with van der Waals surface area (Å²) >= 11 is 1.54. The molecule has 3 aromatic heterocycles. The number of ether oxygens (including phenoxy) is 1. The van der Waals surface area contributed by atoms with Crippen LogP contribution in [0.3, 0.4) is 0 Å². The standard InChI is InChI=1S/C15H16N4O4S/c1-15(22)12(21)8(5-20)23-14(15)19-7-18-11-10(9-3-2-4-24-9)16-6-17-13(11)19/h2-4,6-8,12,14,20-22H,5H2,1H3. The normalized spacial score (nSPS) is 30.2. The maximum absolute atomic E-state index is 10.6.